The summed E-state index contributed by atoms with van der Waals surface area (Å²) in [5.41, 5.74) is 0.670. The Hall–Kier alpha value is -2.35. The second-order valence-electron chi connectivity index (χ2n) is 4.90. The van der Waals surface area contributed by atoms with Crippen LogP contribution in [0, 0.1) is 0 Å². The lowest BCUT2D eigenvalue weighted by Gasteiger charge is -2.09. The largest absolute Gasteiger partial charge is 0.343 e. The molecule has 0 atom stereocenters. The van der Waals surface area contributed by atoms with E-state index in [1.807, 2.05) is 6.92 Å². The molecular weight excluding hydrogens is 316 g/mol. The van der Waals surface area contributed by atoms with Crippen molar-refractivity contribution in [2.75, 3.05) is 11.1 Å². The molecule has 2 aromatic rings. The summed E-state index contributed by atoms with van der Waals surface area (Å²) in [5, 5.41) is 9.49. The highest BCUT2D eigenvalue weighted by atomic mass is 32.2. The van der Waals surface area contributed by atoms with E-state index in [0.717, 1.165) is 6.42 Å². The lowest BCUT2D eigenvalue weighted by atomic mass is 10.1. The minimum Gasteiger partial charge on any atom is -0.325 e. The van der Waals surface area contributed by atoms with Crippen LogP contribution < -0.4 is 11.0 Å². The van der Waals surface area contributed by atoms with E-state index in [-0.39, 0.29) is 23.1 Å². The van der Waals surface area contributed by atoms with Crippen molar-refractivity contribution in [3.63, 3.8) is 0 Å². The summed E-state index contributed by atoms with van der Waals surface area (Å²) in [6.07, 6.45) is 0.797. The molecule has 1 aromatic carbocycles. The zero-order valence-corrected chi connectivity index (χ0v) is 13.8. The van der Waals surface area contributed by atoms with Crippen LogP contribution in [0.3, 0.4) is 0 Å². The van der Waals surface area contributed by atoms with Crippen molar-refractivity contribution in [2.24, 2.45) is 0 Å². The summed E-state index contributed by atoms with van der Waals surface area (Å²) in [7, 11) is 0. The highest BCUT2D eigenvalue weighted by Gasteiger charge is 2.13. The van der Waals surface area contributed by atoms with Gasteiger partial charge >= 0.3 is 5.69 Å². The van der Waals surface area contributed by atoms with Gasteiger partial charge in [0.2, 0.25) is 5.91 Å². The minimum absolute atomic E-state index is 0.0975. The predicted octanol–water partition coefficient (Wildman–Crippen LogP) is 1.91. The van der Waals surface area contributed by atoms with E-state index < -0.39 is 0 Å². The van der Waals surface area contributed by atoms with Crippen LogP contribution in [-0.2, 0) is 11.3 Å². The van der Waals surface area contributed by atoms with E-state index in [1.54, 1.807) is 24.3 Å². The Balaban J connectivity index is 2.01. The number of carbonyl (C=O) groups is 2. The Bertz CT molecular complexity index is 766. The van der Waals surface area contributed by atoms with E-state index in [2.05, 4.69) is 15.5 Å². The van der Waals surface area contributed by atoms with Gasteiger partial charge in [0.25, 0.3) is 0 Å². The third-order valence-corrected chi connectivity index (χ3v) is 4.06. The summed E-state index contributed by atoms with van der Waals surface area (Å²) in [6, 6.07) is 6.84. The van der Waals surface area contributed by atoms with Gasteiger partial charge in [-0.3, -0.25) is 14.2 Å². The molecule has 1 amide bonds. The molecule has 0 aliphatic rings. The van der Waals surface area contributed by atoms with Gasteiger partial charge in [0.1, 0.15) is 0 Å². The predicted molar refractivity (Wildman–Crippen MR) is 88.9 cm³/mol. The molecule has 0 bridgehead atoms. The van der Waals surface area contributed by atoms with Gasteiger partial charge in [-0.1, -0.05) is 30.8 Å². The average Bonchev–Trinajstić information content (AvgIpc) is 2.87. The molecular formula is C15H18N4O3S. The van der Waals surface area contributed by atoms with Crippen LogP contribution in [0.5, 0.6) is 0 Å². The number of hydrogen-bond acceptors (Lipinski definition) is 5. The van der Waals surface area contributed by atoms with Crippen LogP contribution in [-0.4, -0.2) is 32.2 Å². The smallest absolute Gasteiger partial charge is 0.325 e. The molecule has 1 aromatic heterocycles. The van der Waals surface area contributed by atoms with Crippen molar-refractivity contribution in [3.8, 4) is 0 Å². The van der Waals surface area contributed by atoms with Crippen LogP contribution in [0.15, 0.2) is 34.2 Å². The number of aromatic amines is 1. The fraction of sp³-hybridized carbons (Fsp3) is 0.333. The third kappa shape index (κ3) is 4.32. The maximum absolute atomic E-state index is 12.1. The van der Waals surface area contributed by atoms with Gasteiger partial charge in [0.15, 0.2) is 10.9 Å². The zero-order valence-electron chi connectivity index (χ0n) is 13.0. The van der Waals surface area contributed by atoms with Crippen LogP contribution in [0.25, 0.3) is 0 Å². The lowest BCUT2D eigenvalue weighted by molar-refractivity contribution is -0.113. The number of nitrogens with one attached hydrogen (secondary N) is 2. The number of carbonyl (C=O) groups excluding carboxylic acids is 2. The summed E-state index contributed by atoms with van der Waals surface area (Å²) >= 11 is 1.17. The Morgan fingerprint density at radius 3 is 2.78 bits per heavy atom. The van der Waals surface area contributed by atoms with Crippen molar-refractivity contribution < 1.29 is 9.59 Å². The van der Waals surface area contributed by atoms with Gasteiger partial charge in [0.05, 0.1) is 11.4 Å². The Kier molecular flexibility index (Phi) is 5.75. The SMILES string of the molecule is CCCn1c(SCC(=O)Nc2ccccc2C(C)=O)n[nH]c1=O. The number of thioether (sulfide) groups is 1. The van der Waals surface area contributed by atoms with Crippen LogP contribution in [0.1, 0.15) is 30.6 Å². The first-order valence-corrected chi connectivity index (χ1v) is 8.19. The zero-order chi connectivity index (χ0) is 16.8. The topological polar surface area (TPSA) is 96.8 Å². The molecule has 0 unspecified atom stereocenters. The number of aromatic nitrogens is 3. The second-order valence-corrected chi connectivity index (χ2v) is 5.84. The summed E-state index contributed by atoms with van der Waals surface area (Å²) in [4.78, 5) is 35.2. The molecule has 0 saturated heterocycles. The number of H-pyrrole nitrogens is 1. The Labute approximate surface area is 137 Å². The number of benzene rings is 1. The van der Waals surface area contributed by atoms with Crippen molar-refractivity contribution in [1.82, 2.24) is 14.8 Å². The Morgan fingerprint density at radius 1 is 1.35 bits per heavy atom. The highest BCUT2D eigenvalue weighted by molar-refractivity contribution is 7.99. The van der Waals surface area contributed by atoms with Crippen molar-refractivity contribution in [1.29, 1.82) is 0 Å². The average molecular weight is 334 g/mol. The highest BCUT2D eigenvalue weighted by Crippen LogP contribution is 2.18. The van der Waals surface area contributed by atoms with Crippen molar-refractivity contribution in [3.05, 3.63) is 40.3 Å². The van der Waals surface area contributed by atoms with Gasteiger partial charge in [-0.15, -0.1) is 5.10 Å². The van der Waals surface area contributed by atoms with E-state index in [0.29, 0.717) is 23.0 Å². The van der Waals surface area contributed by atoms with Crippen molar-refractivity contribution in [2.45, 2.75) is 32.0 Å². The number of ketones is 1. The fourth-order valence-electron chi connectivity index (χ4n) is 2.05. The van der Waals surface area contributed by atoms with E-state index >= 15 is 0 Å². The lowest BCUT2D eigenvalue weighted by Crippen LogP contribution is -2.19. The van der Waals surface area contributed by atoms with Crippen LogP contribution >= 0.6 is 11.8 Å². The first kappa shape index (κ1) is 17.0. The van der Waals surface area contributed by atoms with Gasteiger partial charge in [0, 0.05) is 12.1 Å². The number of rotatable bonds is 7. The summed E-state index contributed by atoms with van der Waals surface area (Å²) in [5.74, 6) is -0.278. The summed E-state index contributed by atoms with van der Waals surface area (Å²) in [6.45, 7) is 3.96. The molecule has 122 valence electrons. The third-order valence-electron chi connectivity index (χ3n) is 3.08. The van der Waals surface area contributed by atoms with Gasteiger partial charge in [-0.05, 0) is 25.5 Å². The first-order chi connectivity index (χ1) is 11.0. The van der Waals surface area contributed by atoms with E-state index in [9.17, 15) is 14.4 Å². The number of Topliss-reactive ketones (excluding diaryl/α,β-unsaturated/α-hetero) is 1. The molecule has 7 nitrogen and oxygen atoms in total. The molecule has 23 heavy (non-hydrogen) atoms. The van der Waals surface area contributed by atoms with Crippen molar-refractivity contribution >= 4 is 29.1 Å². The molecule has 0 radical (unpaired) electrons. The van der Waals surface area contributed by atoms with Gasteiger partial charge < -0.3 is 5.32 Å². The standard InChI is InChI=1S/C15H18N4O3S/c1-3-8-19-14(22)17-18-15(19)23-9-13(21)16-12-7-5-4-6-11(12)10(2)20/h4-7H,3,8-9H2,1-2H3,(H,16,21)(H,17,22). The molecule has 2 rings (SSSR count). The molecule has 8 heteroatoms. The minimum atomic E-state index is -0.281. The molecule has 0 saturated carbocycles. The molecule has 0 spiro atoms. The number of hydrogen-bond donors (Lipinski definition) is 2. The first-order valence-electron chi connectivity index (χ1n) is 7.20. The summed E-state index contributed by atoms with van der Waals surface area (Å²) < 4.78 is 1.50. The number of para-hydroxylation sites is 1. The van der Waals surface area contributed by atoms with Crippen LogP contribution in [0.4, 0.5) is 5.69 Å². The van der Waals surface area contributed by atoms with E-state index in [4.69, 9.17) is 0 Å². The van der Waals surface area contributed by atoms with Gasteiger partial charge in [-0.2, -0.15) is 0 Å². The quantitative estimate of drug-likeness (QED) is 0.595. The molecule has 0 fully saturated rings. The molecule has 0 aliphatic heterocycles. The second kappa shape index (κ2) is 7.77. The number of anilines is 1. The molecule has 1 heterocycles. The molecule has 2 N–H and O–H groups in total. The van der Waals surface area contributed by atoms with Crippen LogP contribution in [0.2, 0.25) is 0 Å². The molecule has 0 aliphatic carbocycles. The van der Waals surface area contributed by atoms with E-state index in [1.165, 1.54) is 23.3 Å². The fourth-order valence-corrected chi connectivity index (χ4v) is 2.82. The maximum atomic E-state index is 12.1. The normalized spacial score (nSPS) is 10.5. The Morgan fingerprint density at radius 2 is 2.09 bits per heavy atom. The van der Waals surface area contributed by atoms with Gasteiger partial charge in [-0.25, -0.2) is 9.89 Å². The monoisotopic (exact) mass is 334 g/mol. The number of nitrogens with zero attached hydrogens (tertiary/aromatic N) is 2. The number of amides is 1. The maximum Gasteiger partial charge on any atom is 0.343 e.